The average Bonchev–Trinajstić information content (AvgIpc) is 3.00. The first-order chi connectivity index (χ1) is 13.2. The number of alkyl halides is 3. The Kier molecular flexibility index (Phi) is 6.06. The predicted octanol–water partition coefficient (Wildman–Crippen LogP) is 0.400. The highest BCUT2D eigenvalue weighted by Gasteiger charge is 2.41. The van der Waals surface area contributed by atoms with Crippen molar-refractivity contribution in [3.05, 3.63) is 18.0 Å². The lowest BCUT2D eigenvalue weighted by atomic mass is 10.0. The number of aliphatic hydroxyl groups is 1. The number of amides is 1. The third-order valence-corrected chi connectivity index (χ3v) is 4.95. The second-order valence-electron chi connectivity index (χ2n) is 7.26. The number of halogens is 3. The molecule has 1 amide bonds. The molecule has 0 aliphatic carbocycles. The number of anilines is 1. The monoisotopic (exact) mass is 403 g/mol. The molecule has 2 aliphatic heterocycles. The number of ether oxygens (including phenoxy) is 1. The van der Waals surface area contributed by atoms with Crippen molar-refractivity contribution in [1.29, 1.82) is 0 Å². The summed E-state index contributed by atoms with van der Waals surface area (Å²) in [4.78, 5) is 23.3. The molecule has 2 fully saturated rings. The molecule has 1 aromatic rings. The van der Waals surface area contributed by atoms with Gasteiger partial charge in [-0.15, -0.1) is 0 Å². The summed E-state index contributed by atoms with van der Waals surface area (Å²) in [6, 6.07) is -0.540. The van der Waals surface area contributed by atoms with E-state index in [0.29, 0.717) is 25.9 Å². The number of hydrogen-bond donors (Lipinski definition) is 2. The van der Waals surface area contributed by atoms with Gasteiger partial charge in [0.1, 0.15) is 6.10 Å². The normalized spacial score (nSPS) is 27.4. The lowest BCUT2D eigenvalue weighted by Gasteiger charge is -2.40. The number of nitrogens with zero attached hydrogens (tertiary/aromatic N) is 4. The Hall–Kier alpha value is -1.98. The largest absolute Gasteiger partial charge is 0.419 e. The summed E-state index contributed by atoms with van der Waals surface area (Å²) in [6.45, 7) is 3.12. The number of aromatic nitrogens is 2. The van der Waals surface area contributed by atoms with Crippen molar-refractivity contribution in [3.8, 4) is 0 Å². The number of piperidine rings is 1. The Labute approximate surface area is 160 Å². The molecule has 2 saturated heterocycles. The second kappa shape index (κ2) is 8.18. The van der Waals surface area contributed by atoms with Gasteiger partial charge in [0, 0.05) is 44.5 Å². The van der Waals surface area contributed by atoms with Crippen LogP contribution in [0.25, 0.3) is 0 Å². The molecule has 11 heteroatoms. The van der Waals surface area contributed by atoms with Gasteiger partial charge in [-0.3, -0.25) is 4.79 Å². The van der Waals surface area contributed by atoms with Gasteiger partial charge in [-0.05, 0) is 13.3 Å². The fourth-order valence-electron chi connectivity index (χ4n) is 3.52. The van der Waals surface area contributed by atoms with E-state index < -0.39 is 23.9 Å². The molecule has 3 heterocycles. The molecule has 28 heavy (non-hydrogen) atoms. The van der Waals surface area contributed by atoms with Gasteiger partial charge in [0.05, 0.1) is 24.3 Å². The van der Waals surface area contributed by atoms with Crippen LogP contribution < -0.4 is 10.6 Å². The fraction of sp³-hybridized carbons (Fsp3) is 0.706. The van der Waals surface area contributed by atoms with Crippen molar-refractivity contribution < 1.29 is 27.8 Å². The van der Waals surface area contributed by atoms with Crippen molar-refractivity contribution in [2.24, 2.45) is 5.73 Å². The maximum Gasteiger partial charge on any atom is 0.419 e. The number of likely N-dealkylation sites (tertiary alicyclic amines) is 1. The first-order valence-corrected chi connectivity index (χ1v) is 9.16. The second-order valence-corrected chi connectivity index (χ2v) is 7.26. The van der Waals surface area contributed by atoms with Gasteiger partial charge in [0.15, 0.2) is 0 Å². The molecule has 1 aromatic heterocycles. The summed E-state index contributed by atoms with van der Waals surface area (Å²) in [5.74, 6) is -0.0414. The Morgan fingerprint density at radius 3 is 2.57 bits per heavy atom. The molecule has 8 nitrogen and oxygen atoms in total. The third kappa shape index (κ3) is 4.53. The standard InChI is InChI=1S/C17H24F3N5O3/c1-10(21)9-28-14-3-5-25(15(14)27)12-2-4-24(8-13(12)26)16-22-6-11(7-23-16)17(18,19)20/h6-7,10,12-14,26H,2-5,8-9,21H2,1H3/t10?,12-,13-,14-/m1/s1. The molecule has 0 spiro atoms. The van der Waals surface area contributed by atoms with E-state index in [1.54, 1.807) is 16.7 Å². The van der Waals surface area contributed by atoms with Crippen LogP contribution in [0, 0.1) is 0 Å². The van der Waals surface area contributed by atoms with Crippen molar-refractivity contribution in [1.82, 2.24) is 14.9 Å². The molecule has 4 atom stereocenters. The molecule has 0 saturated carbocycles. The van der Waals surface area contributed by atoms with Crippen molar-refractivity contribution in [2.45, 2.75) is 50.2 Å². The number of β-amino-alcohol motifs (C(OH)–C–C–N with tert-alkyl or cyclic N) is 1. The SMILES string of the molecule is CC(N)CO[C@@H]1CCN([C@@H]2CCN(c3ncc(C(F)(F)F)cn3)C[C@H]2O)C1=O. The molecule has 3 N–H and O–H groups in total. The molecule has 2 aliphatic rings. The molecule has 1 unspecified atom stereocenters. The van der Waals surface area contributed by atoms with Crippen LogP contribution in [-0.4, -0.2) is 76.4 Å². The van der Waals surface area contributed by atoms with E-state index in [-0.39, 0.29) is 37.1 Å². The minimum absolute atomic E-state index is 0.122. The van der Waals surface area contributed by atoms with Gasteiger partial charge >= 0.3 is 6.18 Å². The van der Waals surface area contributed by atoms with E-state index in [2.05, 4.69) is 9.97 Å². The highest BCUT2D eigenvalue weighted by molar-refractivity contribution is 5.83. The van der Waals surface area contributed by atoms with E-state index >= 15 is 0 Å². The summed E-state index contributed by atoms with van der Waals surface area (Å²) in [6.07, 6.45) is -3.46. The summed E-state index contributed by atoms with van der Waals surface area (Å²) in [5, 5.41) is 10.5. The van der Waals surface area contributed by atoms with Crippen LogP contribution in [0.15, 0.2) is 12.4 Å². The highest BCUT2D eigenvalue weighted by Crippen LogP contribution is 2.29. The van der Waals surface area contributed by atoms with Crippen LogP contribution in [0.3, 0.4) is 0 Å². The van der Waals surface area contributed by atoms with E-state index in [9.17, 15) is 23.1 Å². The van der Waals surface area contributed by atoms with Crippen LogP contribution in [0.1, 0.15) is 25.3 Å². The van der Waals surface area contributed by atoms with E-state index in [4.69, 9.17) is 10.5 Å². The molecule has 0 bridgehead atoms. The number of hydrogen-bond acceptors (Lipinski definition) is 7. The minimum Gasteiger partial charge on any atom is -0.389 e. The Morgan fingerprint density at radius 1 is 1.32 bits per heavy atom. The van der Waals surface area contributed by atoms with Crippen LogP contribution in [0.5, 0.6) is 0 Å². The number of aliphatic hydroxyl groups excluding tert-OH is 1. The van der Waals surface area contributed by atoms with Gasteiger partial charge in [-0.1, -0.05) is 0 Å². The molecule has 3 rings (SSSR count). The maximum absolute atomic E-state index is 12.6. The average molecular weight is 403 g/mol. The lowest BCUT2D eigenvalue weighted by Crippen LogP contribution is -2.55. The summed E-state index contributed by atoms with van der Waals surface area (Å²) in [5.41, 5.74) is 4.73. The molecular weight excluding hydrogens is 379 g/mol. The minimum atomic E-state index is -4.50. The summed E-state index contributed by atoms with van der Waals surface area (Å²) < 4.78 is 43.4. The Bertz CT molecular complexity index is 686. The van der Waals surface area contributed by atoms with Gasteiger partial charge in [-0.25, -0.2) is 9.97 Å². The van der Waals surface area contributed by atoms with Crippen LogP contribution in [0.4, 0.5) is 19.1 Å². The third-order valence-electron chi connectivity index (χ3n) is 4.95. The van der Waals surface area contributed by atoms with E-state index in [0.717, 1.165) is 12.4 Å². The van der Waals surface area contributed by atoms with Crippen LogP contribution in [-0.2, 0) is 15.7 Å². The van der Waals surface area contributed by atoms with Crippen LogP contribution >= 0.6 is 0 Å². The molecule has 0 radical (unpaired) electrons. The maximum atomic E-state index is 12.6. The summed E-state index contributed by atoms with van der Waals surface area (Å²) in [7, 11) is 0. The molecule has 156 valence electrons. The zero-order valence-electron chi connectivity index (χ0n) is 15.5. The van der Waals surface area contributed by atoms with Gasteiger partial charge in [0.25, 0.3) is 5.91 Å². The highest BCUT2D eigenvalue weighted by atomic mass is 19.4. The summed E-state index contributed by atoms with van der Waals surface area (Å²) >= 11 is 0. The first kappa shape index (κ1) is 20.7. The number of carbonyl (C=O) groups excluding carboxylic acids is 1. The van der Waals surface area contributed by atoms with Crippen molar-refractivity contribution in [3.63, 3.8) is 0 Å². The van der Waals surface area contributed by atoms with E-state index in [1.165, 1.54) is 0 Å². The molecular formula is C17H24F3N5O3. The van der Waals surface area contributed by atoms with E-state index in [1.807, 2.05) is 0 Å². The fourth-order valence-corrected chi connectivity index (χ4v) is 3.52. The van der Waals surface area contributed by atoms with Gasteiger partial charge in [-0.2, -0.15) is 13.2 Å². The van der Waals surface area contributed by atoms with Gasteiger partial charge in [0.2, 0.25) is 5.95 Å². The Morgan fingerprint density at radius 2 is 2.00 bits per heavy atom. The first-order valence-electron chi connectivity index (χ1n) is 9.16. The lowest BCUT2D eigenvalue weighted by molar-refractivity contribution is -0.141. The number of nitrogens with two attached hydrogens (primary N) is 1. The van der Waals surface area contributed by atoms with Crippen LogP contribution in [0.2, 0.25) is 0 Å². The van der Waals surface area contributed by atoms with Crippen molar-refractivity contribution >= 4 is 11.9 Å². The number of rotatable bonds is 5. The predicted molar refractivity (Wildman–Crippen MR) is 93.4 cm³/mol. The molecule has 0 aromatic carbocycles. The Balaban J connectivity index is 1.59. The number of carbonyl (C=O) groups is 1. The van der Waals surface area contributed by atoms with Crippen molar-refractivity contribution in [2.75, 3.05) is 31.1 Å². The van der Waals surface area contributed by atoms with Gasteiger partial charge < -0.3 is 25.4 Å². The zero-order valence-corrected chi connectivity index (χ0v) is 15.5. The smallest absolute Gasteiger partial charge is 0.389 e. The topological polar surface area (TPSA) is 105 Å². The zero-order chi connectivity index (χ0) is 20.5. The quantitative estimate of drug-likeness (QED) is 0.733.